The zero-order chi connectivity index (χ0) is 16.0. The predicted molar refractivity (Wildman–Crippen MR) is 66.3 cm³/mol. The van der Waals surface area contributed by atoms with Crippen LogP contribution in [0, 0.1) is 5.82 Å². The average molecular weight is 373 g/mol. The van der Waals surface area contributed by atoms with Crippen molar-refractivity contribution in [2.45, 2.75) is 19.0 Å². The van der Waals surface area contributed by atoms with Crippen molar-refractivity contribution in [2.75, 3.05) is 0 Å². The Kier molecular flexibility index (Phi) is 3.81. The molecule has 1 aromatic carbocycles. The fraction of sp³-hybridized carbons (Fsp3) is 0.250. The number of imidazole rings is 1. The number of aromatic amines is 1. The molecular weight excluding hydrogens is 366 g/mol. The number of nitrogens with one attached hydrogen (secondary N) is 1. The molecule has 2 nitrogen and oxygen atoms in total. The van der Waals surface area contributed by atoms with Crippen molar-refractivity contribution < 1.29 is 26.3 Å². The maximum Gasteiger partial charge on any atom is 0.433 e. The van der Waals surface area contributed by atoms with Crippen LogP contribution in [0.3, 0.4) is 0 Å². The van der Waals surface area contributed by atoms with Crippen LogP contribution in [-0.4, -0.2) is 9.97 Å². The van der Waals surface area contributed by atoms with Crippen molar-refractivity contribution in [3.8, 4) is 11.4 Å². The molecule has 0 bridgehead atoms. The fourth-order valence-electron chi connectivity index (χ4n) is 1.79. The van der Waals surface area contributed by atoms with Crippen LogP contribution in [-0.2, 0) is 12.1 Å². The van der Waals surface area contributed by atoms with Gasteiger partial charge < -0.3 is 4.98 Å². The minimum atomic E-state index is -4.77. The normalized spacial score (nSPS) is 12.8. The summed E-state index contributed by atoms with van der Waals surface area (Å²) in [5, 5.41) is 0. The number of H-pyrrole nitrogens is 1. The van der Waals surface area contributed by atoms with E-state index in [1.165, 1.54) is 0 Å². The molecule has 1 aromatic heterocycles. The molecule has 0 amide bonds. The third-order valence-corrected chi connectivity index (χ3v) is 3.24. The van der Waals surface area contributed by atoms with E-state index in [0.717, 1.165) is 18.2 Å². The van der Waals surface area contributed by atoms with Gasteiger partial charge in [-0.3, -0.25) is 0 Å². The Bertz CT molecular complexity index is 671. The molecule has 9 heteroatoms. The highest BCUT2D eigenvalue weighted by molar-refractivity contribution is 9.10. The van der Waals surface area contributed by atoms with Crippen molar-refractivity contribution >= 4 is 15.9 Å². The molecule has 0 spiro atoms. The SMILES string of the molecule is CC(F)(F)c1cccc(F)c1-c1nc(Br)c(C(F)(F)F)[nH]1. The summed E-state index contributed by atoms with van der Waals surface area (Å²) in [7, 11) is 0. The van der Waals surface area contributed by atoms with E-state index < -0.39 is 45.2 Å². The quantitative estimate of drug-likeness (QED) is 0.729. The second-order valence-corrected chi connectivity index (χ2v) is 5.05. The van der Waals surface area contributed by atoms with Gasteiger partial charge in [0, 0.05) is 12.5 Å². The van der Waals surface area contributed by atoms with Gasteiger partial charge in [0.05, 0.1) is 5.56 Å². The number of hydrogen-bond donors (Lipinski definition) is 1. The molecule has 1 heterocycles. The van der Waals surface area contributed by atoms with Crippen molar-refractivity contribution in [3.05, 3.63) is 39.9 Å². The van der Waals surface area contributed by atoms with Crippen LogP contribution in [0.1, 0.15) is 18.2 Å². The lowest BCUT2D eigenvalue weighted by Crippen LogP contribution is -2.11. The van der Waals surface area contributed by atoms with Crippen LogP contribution in [0.15, 0.2) is 22.8 Å². The lowest BCUT2D eigenvalue weighted by molar-refractivity contribution is -0.141. The highest BCUT2D eigenvalue weighted by Gasteiger charge is 2.38. The first-order valence-corrected chi connectivity index (χ1v) is 6.31. The number of nitrogens with zero attached hydrogens (tertiary/aromatic N) is 1. The molecule has 114 valence electrons. The van der Waals surface area contributed by atoms with Gasteiger partial charge in [0.25, 0.3) is 5.92 Å². The number of hydrogen-bond acceptors (Lipinski definition) is 1. The van der Waals surface area contributed by atoms with E-state index in [2.05, 4.69) is 20.9 Å². The third kappa shape index (κ3) is 3.07. The van der Waals surface area contributed by atoms with Crippen LogP contribution >= 0.6 is 15.9 Å². The molecule has 0 atom stereocenters. The second kappa shape index (κ2) is 5.04. The first-order chi connectivity index (χ1) is 9.51. The zero-order valence-corrected chi connectivity index (χ0v) is 11.9. The van der Waals surface area contributed by atoms with E-state index in [9.17, 15) is 26.3 Å². The Morgan fingerprint density at radius 3 is 2.24 bits per heavy atom. The highest BCUT2D eigenvalue weighted by Crippen LogP contribution is 2.39. The van der Waals surface area contributed by atoms with Crippen LogP contribution in [0.2, 0.25) is 0 Å². The minimum absolute atomic E-state index is 0.522. The summed E-state index contributed by atoms with van der Waals surface area (Å²) in [6.45, 7) is 0.522. The molecule has 0 radical (unpaired) electrons. The van der Waals surface area contributed by atoms with Gasteiger partial charge in [-0.25, -0.2) is 18.2 Å². The van der Waals surface area contributed by atoms with Crippen molar-refractivity contribution in [3.63, 3.8) is 0 Å². The molecule has 2 aromatic rings. The summed E-state index contributed by atoms with van der Waals surface area (Å²) in [4.78, 5) is 5.28. The van der Waals surface area contributed by atoms with Gasteiger partial charge >= 0.3 is 6.18 Å². The first kappa shape index (κ1) is 15.9. The molecule has 0 unspecified atom stereocenters. The molecule has 0 saturated carbocycles. The van der Waals surface area contributed by atoms with Crippen LogP contribution < -0.4 is 0 Å². The zero-order valence-electron chi connectivity index (χ0n) is 10.3. The minimum Gasteiger partial charge on any atom is -0.333 e. The lowest BCUT2D eigenvalue weighted by Gasteiger charge is -2.15. The largest absolute Gasteiger partial charge is 0.433 e. The van der Waals surface area contributed by atoms with Crippen LogP contribution in [0.5, 0.6) is 0 Å². The number of aromatic nitrogens is 2. The second-order valence-electron chi connectivity index (χ2n) is 4.30. The molecule has 0 fully saturated rings. The monoisotopic (exact) mass is 372 g/mol. The summed E-state index contributed by atoms with van der Waals surface area (Å²) < 4.78 is 78.2. The Labute approximate surface area is 123 Å². The topological polar surface area (TPSA) is 28.7 Å². The third-order valence-electron chi connectivity index (χ3n) is 2.67. The van der Waals surface area contributed by atoms with Crippen molar-refractivity contribution in [2.24, 2.45) is 0 Å². The van der Waals surface area contributed by atoms with Gasteiger partial charge in [-0.15, -0.1) is 0 Å². The van der Waals surface area contributed by atoms with Gasteiger partial charge in [0.2, 0.25) is 0 Å². The maximum atomic E-state index is 13.8. The fourth-order valence-corrected chi connectivity index (χ4v) is 2.29. The van der Waals surface area contributed by atoms with E-state index in [1.807, 2.05) is 4.98 Å². The standard InChI is InChI=1S/C12H7BrF6N2/c1-11(15,16)5-3-2-4-6(14)7(5)10-20-8(9(13)21-10)12(17,18)19/h2-4H,1H3,(H,20,21). The molecule has 0 aliphatic carbocycles. The summed E-state index contributed by atoms with van der Waals surface area (Å²) in [6.07, 6.45) is -4.77. The van der Waals surface area contributed by atoms with Gasteiger partial charge in [-0.2, -0.15) is 13.2 Å². The van der Waals surface area contributed by atoms with E-state index in [4.69, 9.17) is 0 Å². The average Bonchev–Trinajstić information content (AvgIpc) is 2.69. The Morgan fingerprint density at radius 2 is 1.76 bits per heavy atom. The van der Waals surface area contributed by atoms with Gasteiger partial charge in [-0.05, 0) is 22.0 Å². The summed E-state index contributed by atoms with van der Waals surface area (Å²) in [5.41, 5.74) is -2.72. The molecule has 0 aliphatic rings. The molecule has 21 heavy (non-hydrogen) atoms. The number of rotatable bonds is 2. The summed E-state index contributed by atoms with van der Waals surface area (Å²) in [6, 6.07) is 2.85. The molecule has 0 aliphatic heterocycles. The van der Waals surface area contributed by atoms with Crippen LogP contribution in [0.4, 0.5) is 26.3 Å². The van der Waals surface area contributed by atoms with Gasteiger partial charge in [0.1, 0.15) is 16.2 Å². The number of alkyl halides is 5. The Balaban J connectivity index is 2.69. The lowest BCUT2D eigenvalue weighted by atomic mass is 10.0. The summed E-state index contributed by atoms with van der Waals surface area (Å²) >= 11 is 2.58. The number of benzene rings is 1. The van der Waals surface area contributed by atoms with E-state index in [-0.39, 0.29) is 0 Å². The summed E-state index contributed by atoms with van der Waals surface area (Å²) in [5.74, 6) is -5.15. The Morgan fingerprint density at radius 1 is 1.14 bits per heavy atom. The van der Waals surface area contributed by atoms with Gasteiger partial charge in [0.15, 0.2) is 5.69 Å². The van der Waals surface area contributed by atoms with Crippen molar-refractivity contribution in [1.29, 1.82) is 0 Å². The van der Waals surface area contributed by atoms with E-state index in [1.54, 1.807) is 0 Å². The van der Waals surface area contributed by atoms with E-state index >= 15 is 0 Å². The maximum absolute atomic E-state index is 13.8. The van der Waals surface area contributed by atoms with Gasteiger partial charge in [-0.1, -0.05) is 12.1 Å². The molecule has 0 saturated heterocycles. The molecule has 2 rings (SSSR count). The van der Waals surface area contributed by atoms with E-state index in [0.29, 0.717) is 6.92 Å². The highest BCUT2D eigenvalue weighted by atomic mass is 79.9. The van der Waals surface area contributed by atoms with Crippen LogP contribution in [0.25, 0.3) is 11.4 Å². The molecule has 1 N–H and O–H groups in total. The smallest absolute Gasteiger partial charge is 0.333 e. The first-order valence-electron chi connectivity index (χ1n) is 5.51. The van der Waals surface area contributed by atoms with Crippen molar-refractivity contribution in [1.82, 2.24) is 9.97 Å². The molecular formula is C12H7BrF6N2. The Hall–Kier alpha value is -1.51. The number of halogens is 7. The predicted octanol–water partition coefficient (Wildman–Crippen LogP) is 5.11.